The number of nitrogens with one attached hydrogen (secondary N) is 2. The molecule has 5 nitrogen and oxygen atoms in total. The average Bonchev–Trinajstić information content (AvgIpc) is 2.47. The monoisotopic (exact) mass is 206 g/mol. The summed E-state index contributed by atoms with van der Waals surface area (Å²) < 4.78 is 7.55. The molecular formula is C5H7ClN4OS. The van der Waals surface area contributed by atoms with Crippen LogP contribution in [0.5, 0.6) is 0 Å². The van der Waals surface area contributed by atoms with Gasteiger partial charge in [-0.3, -0.25) is 4.79 Å². The Hall–Kier alpha value is -0.880. The van der Waals surface area contributed by atoms with Crippen molar-refractivity contribution in [1.82, 2.24) is 14.1 Å². The SMILES string of the molecule is CNC(=O)CNc1nsnc1Cl. The third-order valence-electron chi connectivity index (χ3n) is 1.14. The first kappa shape index (κ1) is 9.21. The summed E-state index contributed by atoms with van der Waals surface area (Å²) in [5.41, 5.74) is 0. The van der Waals surface area contributed by atoms with E-state index in [2.05, 4.69) is 19.4 Å². The van der Waals surface area contributed by atoms with Crippen molar-refractivity contribution in [2.45, 2.75) is 0 Å². The zero-order valence-electron chi connectivity index (χ0n) is 6.30. The van der Waals surface area contributed by atoms with Gasteiger partial charge in [-0.25, -0.2) is 0 Å². The van der Waals surface area contributed by atoms with E-state index in [0.29, 0.717) is 11.0 Å². The van der Waals surface area contributed by atoms with Crippen LogP contribution in [0.3, 0.4) is 0 Å². The second-order valence-corrected chi connectivity index (χ2v) is 2.82. The van der Waals surface area contributed by atoms with Crippen molar-refractivity contribution < 1.29 is 4.79 Å². The Bertz CT molecular complexity index is 276. The van der Waals surface area contributed by atoms with E-state index >= 15 is 0 Å². The molecule has 0 aliphatic rings. The maximum atomic E-state index is 10.8. The summed E-state index contributed by atoms with van der Waals surface area (Å²) >= 11 is 6.61. The molecule has 66 valence electrons. The molecule has 0 aliphatic heterocycles. The smallest absolute Gasteiger partial charge is 0.239 e. The van der Waals surface area contributed by atoms with E-state index in [1.807, 2.05) is 0 Å². The molecule has 2 N–H and O–H groups in total. The molecule has 12 heavy (non-hydrogen) atoms. The molecule has 1 rings (SSSR count). The lowest BCUT2D eigenvalue weighted by Gasteiger charge is -2.00. The predicted octanol–water partition coefficient (Wildman–Crippen LogP) is 0.349. The summed E-state index contributed by atoms with van der Waals surface area (Å²) in [5.74, 6) is 0.323. The molecule has 0 unspecified atom stereocenters. The molecule has 0 saturated heterocycles. The molecule has 1 aromatic rings. The second kappa shape index (κ2) is 4.22. The van der Waals surface area contributed by atoms with Crippen molar-refractivity contribution >= 4 is 35.1 Å². The van der Waals surface area contributed by atoms with Crippen molar-refractivity contribution in [2.24, 2.45) is 0 Å². The molecule has 1 amide bonds. The molecule has 0 fully saturated rings. The maximum absolute atomic E-state index is 10.8. The third kappa shape index (κ3) is 2.31. The molecule has 0 saturated carbocycles. The maximum Gasteiger partial charge on any atom is 0.239 e. The van der Waals surface area contributed by atoms with Crippen LogP contribution in [0.1, 0.15) is 0 Å². The van der Waals surface area contributed by atoms with Crippen LogP contribution in [-0.4, -0.2) is 28.2 Å². The zero-order valence-corrected chi connectivity index (χ0v) is 7.87. The van der Waals surface area contributed by atoms with Crippen LogP contribution < -0.4 is 10.6 Å². The summed E-state index contributed by atoms with van der Waals surface area (Å²) in [6, 6.07) is 0. The third-order valence-corrected chi connectivity index (χ3v) is 2.04. The summed E-state index contributed by atoms with van der Waals surface area (Å²) in [6.07, 6.45) is 0. The van der Waals surface area contributed by atoms with E-state index in [-0.39, 0.29) is 12.5 Å². The summed E-state index contributed by atoms with van der Waals surface area (Å²) in [4.78, 5) is 10.8. The lowest BCUT2D eigenvalue weighted by atomic mass is 10.5. The summed E-state index contributed by atoms with van der Waals surface area (Å²) in [7, 11) is 1.56. The molecule has 0 spiro atoms. The van der Waals surface area contributed by atoms with Crippen LogP contribution in [0.2, 0.25) is 5.15 Å². The number of hydrogen-bond donors (Lipinski definition) is 2. The highest BCUT2D eigenvalue weighted by Gasteiger charge is 2.05. The Kier molecular flexibility index (Phi) is 3.24. The van der Waals surface area contributed by atoms with Crippen molar-refractivity contribution in [3.63, 3.8) is 0 Å². The zero-order chi connectivity index (χ0) is 8.97. The van der Waals surface area contributed by atoms with E-state index in [4.69, 9.17) is 11.6 Å². The molecule has 1 aromatic heterocycles. The molecule has 0 aromatic carbocycles. The van der Waals surface area contributed by atoms with Crippen molar-refractivity contribution in [3.8, 4) is 0 Å². The number of likely N-dealkylation sites (N-methyl/N-ethyl adjacent to an activating group) is 1. The summed E-state index contributed by atoms with van der Waals surface area (Å²) in [6.45, 7) is 0.154. The highest BCUT2D eigenvalue weighted by molar-refractivity contribution is 6.99. The fourth-order valence-corrected chi connectivity index (χ4v) is 1.22. The van der Waals surface area contributed by atoms with Crippen LogP contribution >= 0.6 is 23.3 Å². The number of nitrogens with zero attached hydrogens (tertiary/aromatic N) is 2. The molecule has 1 heterocycles. The van der Waals surface area contributed by atoms with Crippen molar-refractivity contribution in [3.05, 3.63) is 5.15 Å². The minimum absolute atomic E-state index is 0.126. The van der Waals surface area contributed by atoms with E-state index in [0.717, 1.165) is 11.7 Å². The molecule has 7 heteroatoms. The van der Waals surface area contributed by atoms with Gasteiger partial charge in [0.25, 0.3) is 0 Å². The van der Waals surface area contributed by atoms with Crippen LogP contribution in [-0.2, 0) is 4.79 Å². The van der Waals surface area contributed by atoms with Gasteiger partial charge in [-0.15, -0.1) is 0 Å². The van der Waals surface area contributed by atoms with Gasteiger partial charge in [0.15, 0.2) is 11.0 Å². The topological polar surface area (TPSA) is 66.9 Å². The van der Waals surface area contributed by atoms with Gasteiger partial charge in [-0.1, -0.05) is 11.6 Å². The van der Waals surface area contributed by atoms with Crippen molar-refractivity contribution in [2.75, 3.05) is 18.9 Å². The minimum Gasteiger partial charge on any atom is -0.358 e. The standard InChI is InChI=1S/C5H7ClN4OS/c1-7-3(11)2-8-5-4(6)9-12-10-5/h2H2,1H3,(H,7,11)(H,8,10). The number of carbonyl (C=O) groups is 1. The Labute approximate surface area is 78.5 Å². The second-order valence-electron chi connectivity index (χ2n) is 1.93. The first-order valence-corrected chi connectivity index (χ1v) is 4.27. The van der Waals surface area contributed by atoms with Crippen LogP contribution in [0, 0.1) is 0 Å². The number of carbonyl (C=O) groups excluding carboxylic acids is 1. The molecule has 0 aliphatic carbocycles. The Balaban J connectivity index is 2.43. The molecular weight excluding hydrogens is 200 g/mol. The van der Waals surface area contributed by atoms with Gasteiger partial charge in [-0.05, 0) is 0 Å². The lowest BCUT2D eigenvalue weighted by Crippen LogP contribution is -2.26. The van der Waals surface area contributed by atoms with Gasteiger partial charge >= 0.3 is 0 Å². The van der Waals surface area contributed by atoms with E-state index in [1.54, 1.807) is 7.05 Å². The highest BCUT2D eigenvalue weighted by Crippen LogP contribution is 2.16. The van der Waals surface area contributed by atoms with Gasteiger partial charge in [0.2, 0.25) is 5.91 Å². The average molecular weight is 207 g/mol. The van der Waals surface area contributed by atoms with Crippen molar-refractivity contribution in [1.29, 1.82) is 0 Å². The number of hydrogen-bond acceptors (Lipinski definition) is 5. The highest BCUT2D eigenvalue weighted by atomic mass is 35.5. The number of halogens is 1. The fraction of sp³-hybridized carbons (Fsp3) is 0.400. The fourth-order valence-electron chi connectivity index (χ4n) is 0.536. The normalized spacial score (nSPS) is 9.50. The van der Waals surface area contributed by atoms with Crippen LogP contribution in [0.15, 0.2) is 0 Å². The summed E-state index contributed by atoms with van der Waals surface area (Å²) in [5, 5.41) is 5.49. The van der Waals surface area contributed by atoms with Gasteiger partial charge in [0.05, 0.1) is 18.3 Å². The first-order chi connectivity index (χ1) is 5.74. The van der Waals surface area contributed by atoms with Gasteiger partial charge < -0.3 is 10.6 Å². The van der Waals surface area contributed by atoms with Crippen LogP contribution in [0.4, 0.5) is 5.82 Å². The van der Waals surface area contributed by atoms with Crippen LogP contribution in [0.25, 0.3) is 0 Å². The van der Waals surface area contributed by atoms with Gasteiger partial charge in [0.1, 0.15) is 0 Å². The lowest BCUT2D eigenvalue weighted by molar-refractivity contribution is -0.118. The van der Waals surface area contributed by atoms with Gasteiger partial charge in [-0.2, -0.15) is 8.75 Å². The molecule has 0 radical (unpaired) electrons. The predicted molar refractivity (Wildman–Crippen MR) is 47.5 cm³/mol. The number of aromatic nitrogens is 2. The Morgan fingerprint density at radius 1 is 1.67 bits per heavy atom. The number of amides is 1. The molecule has 0 atom stereocenters. The van der Waals surface area contributed by atoms with E-state index in [1.165, 1.54) is 0 Å². The Morgan fingerprint density at radius 3 is 2.92 bits per heavy atom. The number of rotatable bonds is 3. The van der Waals surface area contributed by atoms with E-state index < -0.39 is 0 Å². The Morgan fingerprint density at radius 2 is 2.42 bits per heavy atom. The largest absolute Gasteiger partial charge is 0.358 e. The number of anilines is 1. The van der Waals surface area contributed by atoms with E-state index in [9.17, 15) is 4.79 Å². The molecule has 0 bridgehead atoms. The van der Waals surface area contributed by atoms with Gasteiger partial charge in [0, 0.05) is 7.05 Å². The quantitative estimate of drug-likeness (QED) is 0.749. The first-order valence-electron chi connectivity index (χ1n) is 3.16. The minimum atomic E-state index is -0.126.